The first-order valence-electron chi connectivity index (χ1n) is 10.5. The molecule has 1 rings (SSSR count). The van der Waals surface area contributed by atoms with Crippen LogP contribution in [0.4, 0.5) is 17.1 Å². The molecule has 0 bridgehead atoms. The molecule has 0 radical (unpaired) electrons. The molecule has 144 valence electrons. The molecule has 4 N–H and O–H groups in total. The van der Waals surface area contributed by atoms with Gasteiger partial charge in [-0.3, -0.25) is 20.2 Å². The molecule has 0 aliphatic heterocycles. The summed E-state index contributed by atoms with van der Waals surface area (Å²) in [6, 6.07) is 0.0590. The van der Waals surface area contributed by atoms with E-state index in [0.717, 1.165) is 6.07 Å². The summed E-state index contributed by atoms with van der Waals surface area (Å²) in [6.07, 6.45) is 0.901. The zero-order chi connectivity index (χ0) is 24.9. The molecule has 0 saturated heterocycles. The summed E-state index contributed by atoms with van der Waals surface area (Å²) in [5, 5.41) is 34.7. The van der Waals surface area contributed by atoms with Crippen LogP contribution in [0.15, 0.2) is 12.1 Å². The van der Waals surface area contributed by atoms with E-state index in [1.165, 1.54) is 0 Å². The topological polar surface area (TPSA) is 165 Å². The Kier molecular flexibility index (Phi) is 4.97. The van der Waals surface area contributed by atoms with E-state index in [9.17, 15) is 30.1 Å². The van der Waals surface area contributed by atoms with Gasteiger partial charge in [-0.2, -0.15) is 0 Å². The lowest BCUT2D eigenvalue weighted by atomic mass is 10.1. The number of rotatable bonds is 11. The molecular formula is C15H23N5O6. The first-order chi connectivity index (χ1) is 14.6. The van der Waals surface area contributed by atoms with Crippen LogP contribution in [0.1, 0.15) is 33.1 Å². The van der Waals surface area contributed by atoms with Crippen LogP contribution in [0.25, 0.3) is 0 Å². The lowest BCUT2D eigenvalue weighted by Gasteiger charge is -2.17. The van der Waals surface area contributed by atoms with E-state index in [2.05, 4.69) is 5.32 Å². The fraction of sp³-hybridized carbons (Fsp3) is 0.533. The van der Waals surface area contributed by atoms with E-state index >= 15 is 0 Å². The Labute approximate surface area is 158 Å². The first-order valence-corrected chi connectivity index (χ1v) is 7.52. The number of carbonyl (C=O) groups is 1. The molecule has 1 aromatic rings. The SMILES string of the molecule is [2H]C([2H])([2H])N(Cc1cc(N[C@@H](CCCCN)C(=O)O)c([N+](=O)[O-])cc1[N+](=O)[O-])C([2H])([2H])[2H]. The van der Waals surface area contributed by atoms with E-state index in [4.69, 9.17) is 14.0 Å². The molecule has 0 saturated carbocycles. The van der Waals surface area contributed by atoms with Gasteiger partial charge in [0.15, 0.2) is 0 Å². The Morgan fingerprint density at radius 3 is 2.46 bits per heavy atom. The highest BCUT2D eigenvalue weighted by atomic mass is 16.6. The highest BCUT2D eigenvalue weighted by Crippen LogP contribution is 2.34. The lowest BCUT2D eigenvalue weighted by molar-refractivity contribution is -0.394. The molecule has 0 spiro atoms. The van der Waals surface area contributed by atoms with Crippen LogP contribution in [0, 0.1) is 20.2 Å². The molecule has 0 aliphatic rings. The Morgan fingerprint density at radius 1 is 1.31 bits per heavy atom. The zero-order valence-corrected chi connectivity index (χ0v) is 13.7. The van der Waals surface area contributed by atoms with Gasteiger partial charge < -0.3 is 21.1 Å². The number of carboxylic acids is 1. The quantitative estimate of drug-likeness (QED) is 0.295. The number of carboxylic acid groups (broad SMARTS) is 1. The van der Waals surface area contributed by atoms with Gasteiger partial charge in [0.1, 0.15) is 11.7 Å². The molecule has 26 heavy (non-hydrogen) atoms. The van der Waals surface area contributed by atoms with E-state index < -0.39 is 65.0 Å². The number of unbranched alkanes of at least 4 members (excludes halogenated alkanes) is 1. The van der Waals surface area contributed by atoms with Crippen molar-refractivity contribution in [3.05, 3.63) is 37.9 Å². The van der Waals surface area contributed by atoms with Crippen molar-refractivity contribution in [2.24, 2.45) is 5.73 Å². The van der Waals surface area contributed by atoms with E-state index in [1.54, 1.807) is 0 Å². The van der Waals surface area contributed by atoms with E-state index in [0.29, 0.717) is 25.5 Å². The van der Waals surface area contributed by atoms with Crippen molar-refractivity contribution in [2.75, 3.05) is 25.8 Å². The number of nitrogens with zero attached hydrogens (tertiary/aromatic N) is 3. The van der Waals surface area contributed by atoms with Crippen molar-refractivity contribution in [2.45, 2.75) is 31.8 Å². The summed E-state index contributed by atoms with van der Waals surface area (Å²) in [5.74, 6) is -1.34. The summed E-state index contributed by atoms with van der Waals surface area (Å²) in [5.41, 5.74) is 2.79. The monoisotopic (exact) mass is 375 g/mol. The molecule has 1 atom stereocenters. The van der Waals surface area contributed by atoms with Crippen LogP contribution >= 0.6 is 0 Å². The van der Waals surface area contributed by atoms with Crippen molar-refractivity contribution in [1.82, 2.24) is 4.90 Å². The minimum absolute atomic E-state index is 0.0344. The Bertz CT molecular complexity index is 848. The van der Waals surface area contributed by atoms with Gasteiger partial charge >= 0.3 is 5.97 Å². The third-order valence-corrected chi connectivity index (χ3v) is 3.49. The number of hydrogen-bond acceptors (Lipinski definition) is 8. The largest absolute Gasteiger partial charge is 0.480 e. The second kappa shape index (κ2) is 9.63. The molecule has 11 nitrogen and oxygen atoms in total. The first kappa shape index (κ1) is 13.4. The van der Waals surface area contributed by atoms with E-state index in [1.807, 2.05) is 0 Å². The van der Waals surface area contributed by atoms with Crippen LogP contribution in [-0.2, 0) is 11.3 Å². The van der Waals surface area contributed by atoms with Gasteiger partial charge in [0.2, 0.25) is 0 Å². The molecule has 0 amide bonds. The van der Waals surface area contributed by atoms with Crippen molar-refractivity contribution < 1.29 is 28.0 Å². The molecule has 0 aromatic heterocycles. The maximum absolute atomic E-state index is 11.6. The average Bonchev–Trinajstić information content (AvgIpc) is 2.62. The zero-order valence-electron chi connectivity index (χ0n) is 19.7. The van der Waals surface area contributed by atoms with Crippen molar-refractivity contribution in [3.8, 4) is 0 Å². The smallest absolute Gasteiger partial charge is 0.326 e. The van der Waals surface area contributed by atoms with Gasteiger partial charge in [-0.15, -0.1) is 0 Å². The number of aliphatic carboxylic acids is 1. The highest BCUT2D eigenvalue weighted by molar-refractivity contribution is 5.80. The van der Waals surface area contributed by atoms with Crippen molar-refractivity contribution >= 4 is 23.0 Å². The van der Waals surface area contributed by atoms with Crippen molar-refractivity contribution in [3.63, 3.8) is 0 Å². The van der Waals surface area contributed by atoms with Gasteiger partial charge in [-0.1, -0.05) is 0 Å². The molecule has 0 aliphatic carbocycles. The standard InChI is InChI=1S/C15H23N5O6/c1-18(2)9-10-7-12(14(20(25)26)8-13(10)19(23)24)17-11(15(21)22)5-3-4-6-16/h7-8,11,17H,3-6,9,16H2,1-2H3,(H,21,22)/t11-/m0/s1/i1D3,2D3. The summed E-state index contributed by atoms with van der Waals surface area (Å²) >= 11 is 0. The predicted octanol–water partition coefficient (Wildman–Crippen LogP) is 1.56. The number of hydrogen-bond donors (Lipinski definition) is 3. The fourth-order valence-corrected chi connectivity index (χ4v) is 2.29. The van der Waals surface area contributed by atoms with Crippen LogP contribution in [-0.4, -0.2) is 52.4 Å². The summed E-state index contributed by atoms with van der Waals surface area (Å²) in [4.78, 5) is 32.5. The van der Waals surface area contributed by atoms with Gasteiger partial charge in [0.05, 0.1) is 15.9 Å². The maximum atomic E-state index is 11.6. The van der Waals surface area contributed by atoms with Crippen molar-refractivity contribution in [1.29, 1.82) is 0 Å². The normalized spacial score (nSPS) is 16.4. The number of nitro groups is 2. The molecule has 0 unspecified atom stereocenters. The second-order valence-electron chi connectivity index (χ2n) is 5.42. The molecular weight excluding hydrogens is 346 g/mol. The van der Waals surface area contributed by atoms with Gasteiger partial charge in [-0.25, -0.2) is 4.79 Å². The number of anilines is 1. The maximum Gasteiger partial charge on any atom is 0.326 e. The number of nitrogens with two attached hydrogens (primary N) is 1. The minimum Gasteiger partial charge on any atom is -0.480 e. The Balaban J connectivity index is 3.55. The van der Waals surface area contributed by atoms with Crippen LogP contribution < -0.4 is 11.1 Å². The molecule has 0 heterocycles. The summed E-state index contributed by atoms with van der Waals surface area (Å²) < 4.78 is 44.5. The third-order valence-electron chi connectivity index (χ3n) is 3.49. The lowest BCUT2D eigenvalue weighted by Crippen LogP contribution is -2.29. The Hall–Kier alpha value is -2.79. The minimum atomic E-state index is -3.17. The van der Waals surface area contributed by atoms with Crippen LogP contribution in [0.2, 0.25) is 0 Å². The second-order valence-corrected chi connectivity index (χ2v) is 5.42. The van der Waals surface area contributed by atoms with Crippen LogP contribution in [0.5, 0.6) is 0 Å². The molecule has 11 heteroatoms. The van der Waals surface area contributed by atoms with E-state index in [-0.39, 0.29) is 11.3 Å². The third kappa shape index (κ3) is 5.93. The number of nitro benzene ring substituents is 2. The average molecular weight is 375 g/mol. The van der Waals surface area contributed by atoms with Gasteiger partial charge in [0, 0.05) is 20.3 Å². The molecule has 1 aromatic carbocycles. The number of benzene rings is 1. The predicted molar refractivity (Wildman–Crippen MR) is 95.1 cm³/mol. The van der Waals surface area contributed by atoms with Crippen LogP contribution in [0.3, 0.4) is 0 Å². The fourth-order valence-electron chi connectivity index (χ4n) is 2.29. The highest BCUT2D eigenvalue weighted by Gasteiger charge is 2.27. The molecule has 0 fully saturated rings. The summed E-state index contributed by atoms with van der Waals surface area (Å²) in [7, 11) is 0. The Morgan fingerprint density at radius 2 is 1.96 bits per heavy atom. The summed E-state index contributed by atoms with van der Waals surface area (Å²) in [6.45, 7) is -7.00. The number of nitrogens with one attached hydrogen (secondary N) is 1. The van der Waals surface area contributed by atoms with Gasteiger partial charge in [-0.05, 0) is 45.8 Å². The van der Waals surface area contributed by atoms with Gasteiger partial charge in [0.25, 0.3) is 11.4 Å².